The molecule has 1 fully saturated rings. The van der Waals surface area contributed by atoms with Crippen molar-refractivity contribution in [1.29, 1.82) is 0 Å². The summed E-state index contributed by atoms with van der Waals surface area (Å²) in [5.41, 5.74) is 0.750. The highest BCUT2D eigenvalue weighted by Crippen LogP contribution is 2.24. The van der Waals surface area contributed by atoms with E-state index in [-0.39, 0.29) is 12.1 Å². The molecule has 6 heteroatoms. The molecule has 5 nitrogen and oxygen atoms in total. The van der Waals surface area contributed by atoms with Crippen molar-refractivity contribution in [2.45, 2.75) is 58.2 Å². The van der Waals surface area contributed by atoms with Gasteiger partial charge in [-0.1, -0.05) is 22.0 Å². The van der Waals surface area contributed by atoms with Gasteiger partial charge in [0.25, 0.3) is 0 Å². The SMILES string of the molecule is COc1ccc(CNCCC2CCCN2C(=O)OC(C)(C)C)c(Br)c1. The van der Waals surface area contributed by atoms with Crippen LogP contribution in [-0.4, -0.2) is 42.8 Å². The number of benzene rings is 1. The van der Waals surface area contributed by atoms with Crippen molar-refractivity contribution in [3.63, 3.8) is 0 Å². The van der Waals surface area contributed by atoms with Gasteiger partial charge < -0.3 is 19.7 Å². The zero-order chi connectivity index (χ0) is 18.4. The Morgan fingerprint density at radius 2 is 2.16 bits per heavy atom. The highest BCUT2D eigenvalue weighted by molar-refractivity contribution is 9.10. The first kappa shape index (κ1) is 20.0. The Morgan fingerprint density at radius 1 is 1.40 bits per heavy atom. The first-order valence-electron chi connectivity index (χ1n) is 8.83. The molecule has 1 atom stereocenters. The molecule has 0 aliphatic carbocycles. The average Bonchev–Trinajstić information content (AvgIpc) is 2.99. The van der Waals surface area contributed by atoms with E-state index in [1.54, 1.807) is 7.11 Å². The van der Waals surface area contributed by atoms with Crippen LogP contribution < -0.4 is 10.1 Å². The summed E-state index contributed by atoms with van der Waals surface area (Å²) in [6.07, 6.45) is 2.85. The number of rotatable bonds is 6. The van der Waals surface area contributed by atoms with Gasteiger partial charge >= 0.3 is 6.09 Å². The molecular formula is C19H29BrN2O3. The molecule has 0 saturated carbocycles. The highest BCUT2D eigenvalue weighted by atomic mass is 79.9. The summed E-state index contributed by atoms with van der Waals surface area (Å²) >= 11 is 3.57. The van der Waals surface area contributed by atoms with E-state index in [1.807, 2.05) is 37.8 Å². The number of carbonyl (C=O) groups excluding carboxylic acids is 1. The van der Waals surface area contributed by atoms with Crippen LogP contribution in [0.2, 0.25) is 0 Å². The number of hydrogen-bond donors (Lipinski definition) is 1. The van der Waals surface area contributed by atoms with E-state index in [9.17, 15) is 4.79 Å². The zero-order valence-electron chi connectivity index (χ0n) is 15.6. The lowest BCUT2D eigenvalue weighted by Crippen LogP contribution is -2.40. The molecule has 1 aliphatic rings. The smallest absolute Gasteiger partial charge is 0.410 e. The molecule has 1 aromatic carbocycles. The Kier molecular flexibility index (Phi) is 7.14. The van der Waals surface area contributed by atoms with Crippen LogP contribution in [0.1, 0.15) is 45.6 Å². The molecule has 1 amide bonds. The molecule has 0 bridgehead atoms. The van der Waals surface area contributed by atoms with Crippen molar-refractivity contribution in [1.82, 2.24) is 10.2 Å². The van der Waals surface area contributed by atoms with Gasteiger partial charge in [-0.3, -0.25) is 0 Å². The third-order valence-electron chi connectivity index (χ3n) is 4.24. The fourth-order valence-electron chi connectivity index (χ4n) is 2.99. The van der Waals surface area contributed by atoms with E-state index in [0.29, 0.717) is 0 Å². The van der Waals surface area contributed by atoms with Crippen molar-refractivity contribution in [2.24, 2.45) is 0 Å². The molecule has 0 aromatic heterocycles. The van der Waals surface area contributed by atoms with Gasteiger partial charge in [0.15, 0.2) is 0 Å². The fraction of sp³-hybridized carbons (Fsp3) is 0.632. The lowest BCUT2D eigenvalue weighted by atomic mass is 10.1. The molecule has 1 saturated heterocycles. The van der Waals surface area contributed by atoms with Crippen LogP contribution in [0.25, 0.3) is 0 Å². The third-order valence-corrected chi connectivity index (χ3v) is 4.97. The molecule has 140 valence electrons. The maximum atomic E-state index is 12.3. The van der Waals surface area contributed by atoms with Crippen LogP contribution in [0, 0.1) is 0 Å². The van der Waals surface area contributed by atoms with Crippen molar-refractivity contribution in [2.75, 3.05) is 20.2 Å². The molecule has 1 heterocycles. The minimum atomic E-state index is -0.441. The second-order valence-electron chi connectivity index (χ2n) is 7.39. The Bertz CT molecular complexity index is 587. The second kappa shape index (κ2) is 8.90. The van der Waals surface area contributed by atoms with E-state index >= 15 is 0 Å². The van der Waals surface area contributed by atoms with Crippen LogP contribution in [0.3, 0.4) is 0 Å². The number of ether oxygens (including phenoxy) is 2. The normalized spacial score (nSPS) is 17.6. The van der Waals surface area contributed by atoms with Crippen LogP contribution in [0.15, 0.2) is 22.7 Å². The Balaban J connectivity index is 1.78. The number of halogens is 1. The van der Waals surface area contributed by atoms with E-state index in [4.69, 9.17) is 9.47 Å². The summed E-state index contributed by atoms with van der Waals surface area (Å²) in [5, 5.41) is 3.47. The topological polar surface area (TPSA) is 50.8 Å². The van der Waals surface area contributed by atoms with Gasteiger partial charge in [0.2, 0.25) is 0 Å². The summed E-state index contributed by atoms with van der Waals surface area (Å²) < 4.78 is 11.8. The summed E-state index contributed by atoms with van der Waals surface area (Å²) in [4.78, 5) is 14.2. The molecule has 1 aliphatic heterocycles. The molecule has 2 rings (SSSR count). The maximum Gasteiger partial charge on any atom is 0.410 e. The molecule has 0 radical (unpaired) electrons. The van der Waals surface area contributed by atoms with Crippen molar-refractivity contribution in [3.8, 4) is 5.75 Å². The van der Waals surface area contributed by atoms with Gasteiger partial charge in [-0.2, -0.15) is 0 Å². The van der Waals surface area contributed by atoms with Gasteiger partial charge in [-0.25, -0.2) is 4.79 Å². The zero-order valence-corrected chi connectivity index (χ0v) is 17.2. The number of nitrogens with one attached hydrogen (secondary N) is 1. The molecular weight excluding hydrogens is 384 g/mol. The number of likely N-dealkylation sites (tertiary alicyclic amines) is 1. The number of nitrogens with zero attached hydrogens (tertiary/aromatic N) is 1. The van der Waals surface area contributed by atoms with Crippen molar-refractivity contribution in [3.05, 3.63) is 28.2 Å². The first-order chi connectivity index (χ1) is 11.8. The minimum Gasteiger partial charge on any atom is -0.497 e. The van der Waals surface area contributed by atoms with Gasteiger partial charge in [0, 0.05) is 23.6 Å². The number of hydrogen-bond acceptors (Lipinski definition) is 4. The minimum absolute atomic E-state index is 0.187. The predicted octanol–water partition coefficient (Wildman–Crippen LogP) is 4.34. The Morgan fingerprint density at radius 3 is 2.80 bits per heavy atom. The monoisotopic (exact) mass is 412 g/mol. The molecule has 1 N–H and O–H groups in total. The van der Waals surface area contributed by atoms with Gasteiger partial charge in [0.05, 0.1) is 7.11 Å². The van der Waals surface area contributed by atoms with Gasteiger partial charge in [-0.05, 0) is 64.3 Å². The summed E-state index contributed by atoms with van der Waals surface area (Å²) in [7, 11) is 1.66. The Hall–Kier alpha value is -1.27. The number of methoxy groups -OCH3 is 1. The van der Waals surface area contributed by atoms with Crippen LogP contribution >= 0.6 is 15.9 Å². The predicted molar refractivity (Wildman–Crippen MR) is 103 cm³/mol. The summed E-state index contributed by atoms with van der Waals surface area (Å²) in [5.74, 6) is 0.842. The van der Waals surface area contributed by atoms with E-state index < -0.39 is 5.60 Å². The largest absolute Gasteiger partial charge is 0.497 e. The molecule has 0 spiro atoms. The van der Waals surface area contributed by atoms with Crippen molar-refractivity contribution < 1.29 is 14.3 Å². The quantitative estimate of drug-likeness (QED) is 0.706. The molecule has 1 aromatic rings. The van der Waals surface area contributed by atoms with Crippen LogP contribution in [0.5, 0.6) is 5.75 Å². The van der Waals surface area contributed by atoms with Crippen LogP contribution in [-0.2, 0) is 11.3 Å². The standard InChI is InChI=1S/C19H29BrN2O3/c1-19(2,3)25-18(23)22-11-5-6-15(22)9-10-21-13-14-7-8-16(24-4)12-17(14)20/h7-8,12,15,21H,5-6,9-11,13H2,1-4H3. The fourth-order valence-corrected chi connectivity index (χ4v) is 3.48. The van der Waals surface area contributed by atoms with E-state index in [2.05, 4.69) is 27.3 Å². The lowest BCUT2D eigenvalue weighted by molar-refractivity contribution is 0.0220. The van der Waals surface area contributed by atoms with E-state index in [1.165, 1.54) is 5.56 Å². The summed E-state index contributed by atoms with van der Waals surface area (Å²) in [6, 6.07) is 6.25. The van der Waals surface area contributed by atoms with Crippen LogP contribution in [0.4, 0.5) is 4.79 Å². The molecule has 25 heavy (non-hydrogen) atoms. The number of amides is 1. The second-order valence-corrected chi connectivity index (χ2v) is 8.25. The third kappa shape index (κ3) is 6.19. The van der Waals surface area contributed by atoms with Crippen molar-refractivity contribution >= 4 is 22.0 Å². The van der Waals surface area contributed by atoms with Gasteiger partial charge in [0.1, 0.15) is 11.4 Å². The lowest BCUT2D eigenvalue weighted by Gasteiger charge is -2.28. The first-order valence-corrected chi connectivity index (χ1v) is 9.62. The Labute approximate surface area is 159 Å². The van der Waals surface area contributed by atoms with Gasteiger partial charge in [-0.15, -0.1) is 0 Å². The maximum absolute atomic E-state index is 12.3. The highest BCUT2D eigenvalue weighted by Gasteiger charge is 2.31. The number of carbonyl (C=O) groups is 1. The molecule has 1 unspecified atom stereocenters. The average molecular weight is 413 g/mol. The summed E-state index contributed by atoms with van der Waals surface area (Å²) in [6.45, 7) is 8.16. The van der Waals surface area contributed by atoms with E-state index in [0.717, 1.165) is 49.1 Å².